The Morgan fingerprint density at radius 3 is 2.42 bits per heavy atom. The molecule has 0 saturated heterocycles. The number of benzene rings is 1. The van der Waals surface area contributed by atoms with E-state index in [9.17, 15) is 24.8 Å². The minimum atomic E-state index is -1.18. The molecule has 0 unspecified atom stereocenters. The molecule has 1 heterocycles. The van der Waals surface area contributed by atoms with Gasteiger partial charge >= 0.3 is 5.97 Å². The number of nitro groups is 1. The number of aromatic nitrogens is 1. The molecular formula is C24H29N3O6. The van der Waals surface area contributed by atoms with Crippen molar-refractivity contribution in [2.75, 3.05) is 4.90 Å². The Morgan fingerprint density at radius 2 is 1.88 bits per heavy atom. The first-order chi connectivity index (χ1) is 15.6. The molecule has 1 aliphatic rings. The van der Waals surface area contributed by atoms with E-state index in [1.807, 2.05) is 13.8 Å². The summed E-state index contributed by atoms with van der Waals surface area (Å²) in [5.41, 5.74) is 0.504. The van der Waals surface area contributed by atoms with Gasteiger partial charge in [0.2, 0.25) is 11.8 Å². The molecule has 1 aromatic carbocycles. The maximum atomic E-state index is 13.4. The molecule has 1 saturated carbocycles. The summed E-state index contributed by atoms with van der Waals surface area (Å²) in [4.78, 5) is 41.4. The Hall–Kier alpha value is -3.49. The lowest BCUT2D eigenvalue weighted by molar-refractivity contribution is -0.385. The Labute approximate surface area is 192 Å². The van der Waals surface area contributed by atoms with Gasteiger partial charge in [-0.15, -0.1) is 0 Å². The van der Waals surface area contributed by atoms with Crippen LogP contribution < -0.4 is 9.64 Å². The average molecular weight is 456 g/mol. The van der Waals surface area contributed by atoms with Crippen molar-refractivity contribution in [2.24, 2.45) is 11.8 Å². The first-order valence-electron chi connectivity index (χ1n) is 11.1. The summed E-state index contributed by atoms with van der Waals surface area (Å²) in [6.07, 6.45) is 4.68. The molecular weight excluding hydrogens is 426 g/mol. The third-order valence-electron chi connectivity index (χ3n) is 6.05. The second-order valence-corrected chi connectivity index (χ2v) is 8.91. The second kappa shape index (κ2) is 9.97. The number of pyridine rings is 1. The van der Waals surface area contributed by atoms with Gasteiger partial charge in [0, 0.05) is 23.6 Å². The number of hydrogen-bond donors (Lipinski definition) is 1. The number of carboxylic acids is 1. The number of amides is 1. The average Bonchev–Trinajstić information content (AvgIpc) is 2.74. The van der Waals surface area contributed by atoms with E-state index in [1.54, 1.807) is 24.0 Å². The van der Waals surface area contributed by atoms with Crippen LogP contribution in [0.1, 0.15) is 62.4 Å². The minimum absolute atomic E-state index is 0.0549. The molecule has 33 heavy (non-hydrogen) atoms. The van der Waals surface area contributed by atoms with E-state index >= 15 is 0 Å². The summed E-state index contributed by atoms with van der Waals surface area (Å²) in [7, 11) is 0. The van der Waals surface area contributed by atoms with Crippen molar-refractivity contribution in [2.45, 2.75) is 59.4 Å². The first kappa shape index (κ1) is 24.2. The number of aromatic carboxylic acids is 1. The van der Waals surface area contributed by atoms with Crippen LogP contribution in [0, 0.1) is 28.9 Å². The predicted molar refractivity (Wildman–Crippen MR) is 123 cm³/mol. The SMILES string of the molecule is Cc1cc(Oc2ccc(N(C(=O)C3CCC(C)CC3)C(C)C)c(C(=O)O)c2)ncc1[N+](=O)[O-]. The summed E-state index contributed by atoms with van der Waals surface area (Å²) in [5.74, 6) is -0.438. The van der Waals surface area contributed by atoms with E-state index in [2.05, 4.69) is 11.9 Å². The monoisotopic (exact) mass is 455 g/mol. The highest BCUT2D eigenvalue weighted by Crippen LogP contribution is 2.35. The van der Waals surface area contributed by atoms with E-state index in [1.165, 1.54) is 12.1 Å². The third-order valence-corrected chi connectivity index (χ3v) is 6.05. The number of anilines is 1. The summed E-state index contributed by atoms with van der Waals surface area (Å²) < 4.78 is 5.67. The first-order valence-corrected chi connectivity index (χ1v) is 11.1. The number of carbonyl (C=O) groups excluding carboxylic acids is 1. The zero-order valence-corrected chi connectivity index (χ0v) is 19.3. The van der Waals surface area contributed by atoms with E-state index in [0.29, 0.717) is 17.2 Å². The summed E-state index contributed by atoms with van der Waals surface area (Å²) in [5, 5.41) is 20.9. The molecule has 0 spiro atoms. The molecule has 0 aliphatic heterocycles. The standard InChI is InChI=1S/C24H29N3O6/c1-14(2)26(23(28)17-7-5-15(3)6-8-17)20-10-9-18(12-19(20)24(29)30)33-22-11-16(4)21(13-25-22)27(31)32/h9-15,17H,5-8H2,1-4H3,(H,29,30). The van der Waals surface area contributed by atoms with Crippen LogP contribution in [0.4, 0.5) is 11.4 Å². The molecule has 176 valence electrons. The summed E-state index contributed by atoms with van der Waals surface area (Å²) >= 11 is 0. The lowest BCUT2D eigenvalue weighted by atomic mass is 9.82. The molecule has 1 aromatic heterocycles. The van der Waals surface area contributed by atoms with Crippen molar-refractivity contribution < 1.29 is 24.4 Å². The highest BCUT2D eigenvalue weighted by Gasteiger charge is 2.32. The third kappa shape index (κ3) is 5.47. The van der Waals surface area contributed by atoms with Gasteiger partial charge in [-0.1, -0.05) is 6.92 Å². The van der Waals surface area contributed by atoms with Gasteiger partial charge in [0.1, 0.15) is 11.9 Å². The molecule has 0 radical (unpaired) electrons. The quantitative estimate of drug-likeness (QED) is 0.440. The van der Waals surface area contributed by atoms with Crippen molar-refractivity contribution >= 4 is 23.3 Å². The van der Waals surface area contributed by atoms with Crippen molar-refractivity contribution in [3.05, 3.63) is 51.7 Å². The lowest BCUT2D eigenvalue weighted by Crippen LogP contribution is -2.42. The Kier molecular flexibility index (Phi) is 7.30. The van der Waals surface area contributed by atoms with Gasteiger partial charge in [-0.25, -0.2) is 9.78 Å². The topological polar surface area (TPSA) is 123 Å². The van der Waals surface area contributed by atoms with Crippen LogP contribution in [-0.2, 0) is 4.79 Å². The van der Waals surface area contributed by atoms with Crippen LogP contribution in [0.15, 0.2) is 30.5 Å². The van der Waals surface area contributed by atoms with Gasteiger partial charge in [-0.05, 0) is 70.6 Å². The fraction of sp³-hybridized carbons (Fsp3) is 0.458. The zero-order valence-electron chi connectivity index (χ0n) is 19.3. The van der Waals surface area contributed by atoms with Crippen LogP contribution >= 0.6 is 0 Å². The fourth-order valence-electron chi connectivity index (χ4n) is 4.21. The normalized spacial score (nSPS) is 18.1. The maximum absolute atomic E-state index is 13.4. The van der Waals surface area contributed by atoms with Gasteiger partial charge in [0.05, 0.1) is 16.2 Å². The molecule has 1 fully saturated rings. The highest BCUT2D eigenvalue weighted by molar-refractivity contribution is 6.03. The minimum Gasteiger partial charge on any atom is -0.478 e. The Morgan fingerprint density at radius 1 is 1.21 bits per heavy atom. The lowest BCUT2D eigenvalue weighted by Gasteiger charge is -2.34. The number of aryl methyl sites for hydroxylation is 1. The smallest absolute Gasteiger partial charge is 0.337 e. The number of nitrogens with zero attached hydrogens (tertiary/aromatic N) is 3. The van der Waals surface area contributed by atoms with Gasteiger partial charge in [-0.2, -0.15) is 0 Å². The number of rotatable bonds is 7. The maximum Gasteiger partial charge on any atom is 0.337 e. The van der Waals surface area contributed by atoms with E-state index in [0.717, 1.165) is 31.9 Å². The van der Waals surface area contributed by atoms with E-state index < -0.39 is 10.9 Å². The van der Waals surface area contributed by atoms with E-state index in [4.69, 9.17) is 4.74 Å². The molecule has 3 rings (SSSR count). The van der Waals surface area contributed by atoms with Crippen LogP contribution in [-0.4, -0.2) is 32.9 Å². The largest absolute Gasteiger partial charge is 0.478 e. The molecule has 0 bridgehead atoms. The molecule has 1 aliphatic carbocycles. The molecule has 1 N–H and O–H groups in total. The number of carboxylic acid groups (broad SMARTS) is 1. The number of ether oxygens (including phenoxy) is 1. The van der Waals surface area contributed by atoms with Crippen molar-refractivity contribution in [3.63, 3.8) is 0 Å². The van der Waals surface area contributed by atoms with Crippen molar-refractivity contribution in [3.8, 4) is 11.6 Å². The molecule has 9 heteroatoms. The number of hydrogen-bond acceptors (Lipinski definition) is 6. The molecule has 9 nitrogen and oxygen atoms in total. The number of carbonyl (C=O) groups is 2. The second-order valence-electron chi connectivity index (χ2n) is 8.91. The Bertz CT molecular complexity index is 1060. The van der Waals surface area contributed by atoms with Crippen molar-refractivity contribution in [1.29, 1.82) is 0 Å². The fourth-order valence-corrected chi connectivity index (χ4v) is 4.21. The van der Waals surface area contributed by atoms with Gasteiger partial charge < -0.3 is 14.7 Å². The van der Waals surface area contributed by atoms with E-state index in [-0.39, 0.29) is 40.7 Å². The van der Waals surface area contributed by atoms with Gasteiger partial charge in [-0.3, -0.25) is 14.9 Å². The van der Waals surface area contributed by atoms with Gasteiger partial charge in [0.15, 0.2) is 0 Å². The van der Waals surface area contributed by atoms with Crippen LogP contribution in [0.2, 0.25) is 0 Å². The molecule has 0 atom stereocenters. The Balaban J connectivity index is 1.91. The summed E-state index contributed by atoms with van der Waals surface area (Å²) in [6.45, 7) is 7.48. The van der Waals surface area contributed by atoms with Crippen molar-refractivity contribution in [1.82, 2.24) is 4.98 Å². The van der Waals surface area contributed by atoms with Crippen LogP contribution in [0.3, 0.4) is 0 Å². The summed E-state index contributed by atoms with van der Waals surface area (Å²) in [6, 6.07) is 5.69. The zero-order chi connectivity index (χ0) is 24.3. The predicted octanol–water partition coefficient (Wildman–Crippen LogP) is 5.36. The molecule has 2 aromatic rings. The van der Waals surface area contributed by atoms with Crippen LogP contribution in [0.5, 0.6) is 11.6 Å². The molecule has 1 amide bonds. The van der Waals surface area contributed by atoms with Gasteiger partial charge in [0.25, 0.3) is 5.69 Å². The van der Waals surface area contributed by atoms with Crippen LogP contribution in [0.25, 0.3) is 0 Å². The highest BCUT2D eigenvalue weighted by atomic mass is 16.6.